The third-order valence-electron chi connectivity index (χ3n) is 14.3. The molecule has 7 aliphatic rings. The third kappa shape index (κ3) is 5.56. The first-order valence-electron chi connectivity index (χ1n) is 18.0. The summed E-state index contributed by atoms with van der Waals surface area (Å²) in [5.74, 6) is -0.0892. The van der Waals surface area contributed by atoms with Gasteiger partial charge in [-0.2, -0.15) is 0 Å². The predicted molar refractivity (Wildman–Crippen MR) is 167 cm³/mol. The van der Waals surface area contributed by atoms with Gasteiger partial charge in [0, 0.05) is 17.9 Å². The van der Waals surface area contributed by atoms with Crippen LogP contribution in [0.5, 0.6) is 0 Å². The van der Waals surface area contributed by atoms with E-state index in [2.05, 4.69) is 13.8 Å². The molecule has 7 rings (SSSR count). The number of hydrogen-bond donors (Lipinski definition) is 8. The van der Waals surface area contributed by atoms with Gasteiger partial charge in [0.05, 0.1) is 30.5 Å². The van der Waals surface area contributed by atoms with Crippen LogP contribution in [0.3, 0.4) is 0 Å². The van der Waals surface area contributed by atoms with E-state index in [0.717, 1.165) is 37.7 Å². The number of ether oxygens (including phenoxy) is 5. The molecule has 49 heavy (non-hydrogen) atoms. The Morgan fingerprint density at radius 3 is 2.29 bits per heavy atom. The fourth-order valence-corrected chi connectivity index (χ4v) is 11.3. The molecular formula is C35H54O14. The largest absolute Gasteiger partial charge is 0.458 e. The maximum absolute atomic E-state index is 12.5. The predicted octanol–water partition coefficient (Wildman–Crippen LogP) is -0.749. The number of aliphatic hydroxyl groups excluding tert-OH is 7. The van der Waals surface area contributed by atoms with Crippen molar-refractivity contribution in [3.8, 4) is 0 Å². The van der Waals surface area contributed by atoms with Crippen LogP contribution in [0.1, 0.15) is 72.1 Å². The van der Waals surface area contributed by atoms with E-state index in [4.69, 9.17) is 23.7 Å². The highest BCUT2D eigenvalue weighted by Gasteiger charge is 2.69. The van der Waals surface area contributed by atoms with E-state index < -0.39 is 96.7 Å². The van der Waals surface area contributed by atoms with Crippen molar-refractivity contribution in [3.63, 3.8) is 0 Å². The summed E-state index contributed by atoms with van der Waals surface area (Å²) in [6.45, 7) is 5.51. The van der Waals surface area contributed by atoms with Crippen molar-refractivity contribution >= 4 is 5.97 Å². The quantitative estimate of drug-likeness (QED) is 0.126. The van der Waals surface area contributed by atoms with Crippen molar-refractivity contribution in [2.75, 3.05) is 13.2 Å². The summed E-state index contributed by atoms with van der Waals surface area (Å²) >= 11 is 0. The minimum absolute atomic E-state index is 0.00118. The highest BCUT2D eigenvalue weighted by molar-refractivity contribution is 5.85. The molecule has 14 nitrogen and oxygen atoms in total. The summed E-state index contributed by atoms with van der Waals surface area (Å²) in [6.07, 6.45) is -8.43. The Labute approximate surface area is 285 Å². The minimum Gasteiger partial charge on any atom is -0.458 e. The fraction of sp³-hybridized carbons (Fsp3) is 0.914. The average molecular weight is 699 g/mol. The van der Waals surface area contributed by atoms with Gasteiger partial charge in [0.2, 0.25) is 0 Å². The maximum atomic E-state index is 12.5. The Kier molecular flexibility index (Phi) is 9.57. The number of cyclic esters (lactones) is 1. The van der Waals surface area contributed by atoms with Crippen molar-refractivity contribution in [3.05, 3.63) is 11.6 Å². The van der Waals surface area contributed by atoms with Gasteiger partial charge in [-0.3, -0.25) is 0 Å². The second kappa shape index (κ2) is 13.0. The highest BCUT2D eigenvalue weighted by Crippen LogP contribution is 2.70. The fourth-order valence-electron chi connectivity index (χ4n) is 11.3. The molecule has 0 aromatic heterocycles. The SMILES string of the molecule is C[C@H]1O[C@@H](O[C@@H]2C[C@H]3CC[C@@H]4C(CC[C@]5(C)C(C6=CC(=O)OC6)CC[C@]45O)[C@@]3(C)[C@H](O)C2)[C@H](O[C@@H]2O[C@H](CO)[C@@H](O)[C@@H](O)[C@H]2O)[C@H](O)[C@@H]1O. The van der Waals surface area contributed by atoms with Crippen LogP contribution in [0, 0.1) is 34.5 Å². The zero-order valence-corrected chi connectivity index (χ0v) is 28.4. The Balaban J connectivity index is 1.06. The van der Waals surface area contributed by atoms with Crippen LogP contribution in [-0.4, -0.2) is 139 Å². The Bertz CT molecular complexity index is 1280. The number of aliphatic hydroxyl groups is 8. The number of carbonyl (C=O) groups is 1. The number of hydrogen-bond acceptors (Lipinski definition) is 14. The highest BCUT2D eigenvalue weighted by atomic mass is 16.8. The summed E-state index contributed by atoms with van der Waals surface area (Å²) in [6, 6.07) is 0. The van der Waals surface area contributed by atoms with Crippen LogP contribution < -0.4 is 0 Å². The molecule has 4 saturated carbocycles. The number of rotatable bonds is 6. The van der Waals surface area contributed by atoms with Crippen LogP contribution >= 0.6 is 0 Å². The van der Waals surface area contributed by atoms with Gasteiger partial charge in [-0.15, -0.1) is 0 Å². The Morgan fingerprint density at radius 1 is 0.837 bits per heavy atom. The van der Waals surface area contributed by atoms with Gasteiger partial charge in [0.1, 0.15) is 49.3 Å². The third-order valence-corrected chi connectivity index (χ3v) is 14.3. The smallest absolute Gasteiger partial charge is 0.331 e. The van der Waals surface area contributed by atoms with E-state index in [1.165, 1.54) is 0 Å². The first-order chi connectivity index (χ1) is 23.1. The molecule has 278 valence electrons. The topological polar surface area (TPSA) is 225 Å². The van der Waals surface area contributed by atoms with Crippen LogP contribution in [0.4, 0.5) is 0 Å². The summed E-state index contributed by atoms with van der Waals surface area (Å²) in [5, 5.41) is 86.8. The van der Waals surface area contributed by atoms with Gasteiger partial charge in [-0.05, 0) is 86.5 Å². The second-order valence-electron chi connectivity index (χ2n) is 16.4. The van der Waals surface area contributed by atoms with Gasteiger partial charge in [0.25, 0.3) is 0 Å². The van der Waals surface area contributed by atoms with Gasteiger partial charge >= 0.3 is 5.97 Å². The molecule has 2 saturated heterocycles. The second-order valence-corrected chi connectivity index (χ2v) is 16.4. The summed E-state index contributed by atoms with van der Waals surface area (Å²) in [5.41, 5.74) is -0.817. The van der Waals surface area contributed by atoms with E-state index >= 15 is 0 Å². The molecule has 19 atom stereocenters. The van der Waals surface area contributed by atoms with Gasteiger partial charge in [-0.25, -0.2) is 4.79 Å². The lowest BCUT2D eigenvalue weighted by atomic mass is 9.42. The number of fused-ring (bicyclic) bond motifs is 5. The van der Waals surface area contributed by atoms with Crippen molar-refractivity contribution in [1.29, 1.82) is 0 Å². The summed E-state index contributed by atoms with van der Waals surface area (Å²) in [7, 11) is 0. The Hall–Kier alpha value is -1.27. The van der Waals surface area contributed by atoms with Crippen LogP contribution in [0.25, 0.3) is 0 Å². The molecular weight excluding hydrogens is 644 g/mol. The molecule has 3 heterocycles. The average Bonchev–Trinajstić information content (AvgIpc) is 3.61. The van der Waals surface area contributed by atoms with Crippen LogP contribution in [0.2, 0.25) is 0 Å². The molecule has 0 bridgehead atoms. The molecule has 0 radical (unpaired) electrons. The van der Waals surface area contributed by atoms with Crippen LogP contribution in [-0.2, 0) is 28.5 Å². The first kappa shape index (κ1) is 36.1. The minimum atomic E-state index is -1.73. The van der Waals surface area contributed by atoms with Crippen molar-refractivity contribution in [2.45, 2.75) is 151 Å². The lowest BCUT2D eigenvalue weighted by molar-refractivity contribution is -0.371. The molecule has 8 N–H and O–H groups in total. The van der Waals surface area contributed by atoms with Crippen molar-refractivity contribution in [2.24, 2.45) is 34.5 Å². The normalized spacial score (nSPS) is 56.0. The lowest BCUT2D eigenvalue weighted by Gasteiger charge is -2.64. The van der Waals surface area contributed by atoms with Crippen molar-refractivity contribution in [1.82, 2.24) is 0 Å². The van der Waals surface area contributed by atoms with Gasteiger partial charge < -0.3 is 64.5 Å². The van der Waals surface area contributed by atoms with E-state index in [9.17, 15) is 45.6 Å². The summed E-state index contributed by atoms with van der Waals surface area (Å²) in [4.78, 5) is 11.9. The van der Waals surface area contributed by atoms with E-state index in [-0.39, 0.29) is 42.7 Å². The van der Waals surface area contributed by atoms with E-state index in [1.54, 1.807) is 13.0 Å². The molecule has 0 aromatic rings. The molecule has 0 spiro atoms. The number of esters is 1. The standard InChI is InChI=1S/C35H54O14/c1-15-25(39)28(42)30(49-31-29(43)27(41)26(40)22(13-36)48-31)32(46-15)47-18-11-17-4-5-21-20(34(17,3)23(37)12-18)6-8-33(2)19(7-9-35(21,33)44)16-10-24(38)45-14-16/h10,15,17-23,25-32,36-37,39-44H,4-9,11-14H2,1-3H3/t15-,17-,18-,19?,20?,21-,22-,23-,25-,26-,27-,28-,29-,30-,31+,32+,33-,34+,35+/m1/s1. The van der Waals surface area contributed by atoms with Crippen LogP contribution in [0.15, 0.2) is 11.6 Å². The first-order valence-corrected chi connectivity index (χ1v) is 18.0. The lowest BCUT2D eigenvalue weighted by Crippen LogP contribution is -2.66. The van der Waals surface area contributed by atoms with E-state index in [1.807, 2.05) is 0 Å². The van der Waals surface area contributed by atoms with Gasteiger partial charge in [0.15, 0.2) is 12.6 Å². The molecule has 0 amide bonds. The molecule has 14 heteroatoms. The zero-order valence-electron chi connectivity index (χ0n) is 28.4. The summed E-state index contributed by atoms with van der Waals surface area (Å²) < 4.78 is 29.0. The van der Waals surface area contributed by atoms with Gasteiger partial charge in [-0.1, -0.05) is 13.8 Å². The van der Waals surface area contributed by atoms with Crippen molar-refractivity contribution < 1.29 is 69.3 Å². The molecule has 3 aliphatic heterocycles. The maximum Gasteiger partial charge on any atom is 0.331 e. The molecule has 0 aromatic carbocycles. The molecule has 2 unspecified atom stereocenters. The zero-order chi connectivity index (χ0) is 35.2. The Morgan fingerprint density at radius 2 is 1.59 bits per heavy atom. The van der Waals surface area contributed by atoms with E-state index in [0.29, 0.717) is 12.8 Å². The number of carbonyl (C=O) groups excluding carboxylic acids is 1. The molecule has 6 fully saturated rings. The molecule has 4 aliphatic carbocycles. The monoisotopic (exact) mass is 698 g/mol.